The first-order valence-electron chi connectivity index (χ1n) is 5.20. The Morgan fingerprint density at radius 3 is 2.88 bits per heavy atom. The minimum atomic E-state index is 0.304. The zero-order valence-corrected chi connectivity index (χ0v) is 10.2. The Hall–Kier alpha value is -1.99. The number of rotatable bonds is 3. The van der Waals surface area contributed by atoms with E-state index < -0.39 is 0 Å². The van der Waals surface area contributed by atoms with Crippen LogP contribution < -0.4 is 5.32 Å². The summed E-state index contributed by atoms with van der Waals surface area (Å²) >= 11 is 1.57. The summed E-state index contributed by atoms with van der Waals surface area (Å²) in [4.78, 5) is 1.12. The smallest absolute Gasteiger partial charge is 0.118 e. The molecule has 2 aromatic rings. The van der Waals surface area contributed by atoms with Gasteiger partial charge in [0.2, 0.25) is 0 Å². The first-order chi connectivity index (χ1) is 8.19. The van der Waals surface area contributed by atoms with Crippen molar-refractivity contribution in [1.29, 1.82) is 5.26 Å². The summed E-state index contributed by atoms with van der Waals surface area (Å²) in [5, 5.41) is 23.2. The standard InChI is InChI=1S/C13H12N2OS/c1-9-4-11(2-3-13(9)16)15-7-12-5-10(6-14)8-17-12/h2-5,8,15-16H,7H2,1H3. The molecule has 0 spiro atoms. The molecule has 3 nitrogen and oxygen atoms in total. The second kappa shape index (κ2) is 4.89. The highest BCUT2D eigenvalue weighted by Crippen LogP contribution is 2.21. The van der Waals surface area contributed by atoms with Gasteiger partial charge in [-0.05, 0) is 36.8 Å². The van der Waals surface area contributed by atoms with Gasteiger partial charge in [-0.2, -0.15) is 5.26 Å². The summed E-state index contributed by atoms with van der Waals surface area (Å²) < 4.78 is 0. The molecule has 2 N–H and O–H groups in total. The van der Waals surface area contributed by atoms with Gasteiger partial charge in [-0.1, -0.05) is 0 Å². The summed E-state index contributed by atoms with van der Waals surface area (Å²) in [5.74, 6) is 0.304. The number of thiophene rings is 1. The van der Waals surface area contributed by atoms with Crippen molar-refractivity contribution in [3.63, 3.8) is 0 Å². The topological polar surface area (TPSA) is 56.0 Å². The maximum atomic E-state index is 9.40. The van der Waals surface area contributed by atoms with Crippen molar-refractivity contribution in [1.82, 2.24) is 0 Å². The molecule has 0 radical (unpaired) electrons. The number of phenols is 1. The van der Waals surface area contributed by atoms with Crippen LogP contribution in [0.15, 0.2) is 29.6 Å². The van der Waals surface area contributed by atoms with E-state index in [-0.39, 0.29) is 0 Å². The molecule has 0 saturated heterocycles. The SMILES string of the molecule is Cc1cc(NCc2cc(C#N)cs2)ccc1O. The molecule has 0 fully saturated rings. The number of nitriles is 1. The van der Waals surface area contributed by atoms with Gasteiger partial charge in [0.05, 0.1) is 5.56 Å². The molecular weight excluding hydrogens is 232 g/mol. The minimum absolute atomic E-state index is 0.304. The van der Waals surface area contributed by atoms with E-state index >= 15 is 0 Å². The monoisotopic (exact) mass is 244 g/mol. The van der Waals surface area contributed by atoms with Gasteiger partial charge < -0.3 is 10.4 Å². The van der Waals surface area contributed by atoms with Gasteiger partial charge in [0.1, 0.15) is 11.8 Å². The molecular formula is C13H12N2OS. The molecule has 86 valence electrons. The second-order valence-electron chi connectivity index (χ2n) is 3.77. The van der Waals surface area contributed by atoms with E-state index in [0.29, 0.717) is 17.9 Å². The molecule has 0 saturated carbocycles. The van der Waals surface area contributed by atoms with Crippen molar-refractivity contribution in [3.05, 3.63) is 45.6 Å². The molecule has 0 aliphatic rings. The van der Waals surface area contributed by atoms with E-state index in [2.05, 4.69) is 11.4 Å². The summed E-state index contributed by atoms with van der Waals surface area (Å²) in [7, 11) is 0. The molecule has 0 amide bonds. The Labute approximate surface area is 104 Å². The zero-order chi connectivity index (χ0) is 12.3. The number of aromatic hydroxyl groups is 1. The molecule has 17 heavy (non-hydrogen) atoms. The number of hydrogen-bond donors (Lipinski definition) is 2. The number of benzene rings is 1. The maximum Gasteiger partial charge on any atom is 0.118 e. The predicted molar refractivity (Wildman–Crippen MR) is 69.2 cm³/mol. The second-order valence-corrected chi connectivity index (χ2v) is 4.76. The lowest BCUT2D eigenvalue weighted by Gasteiger charge is -2.06. The van der Waals surface area contributed by atoms with Crippen LogP contribution in [0, 0.1) is 18.3 Å². The van der Waals surface area contributed by atoms with Crippen LogP contribution in [-0.4, -0.2) is 5.11 Å². The highest BCUT2D eigenvalue weighted by Gasteiger charge is 2.01. The lowest BCUT2D eigenvalue weighted by Crippen LogP contribution is -1.97. The average molecular weight is 244 g/mol. The Bertz CT molecular complexity index is 569. The van der Waals surface area contributed by atoms with Crippen LogP contribution in [0.5, 0.6) is 5.75 Å². The lowest BCUT2D eigenvalue weighted by atomic mass is 10.2. The number of nitrogens with one attached hydrogen (secondary N) is 1. The molecule has 0 aliphatic carbocycles. The van der Waals surface area contributed by atoms with Crippen LogP contribution in [0.3, 0.4) is 0 Å². The van der Waals surface area contributed by atoms with E-state index in [0.717, 1.165) is 16.1 Å². The average Bonchev–Trinajstić information content (AvgIpc) is 2.79. The van der Waals surface area contributed by atoms with E-state index in [1.807, 2.05) is 30.5 Å². The molecule has 1 aromatic heterocycles. The quantitative estimate of drug-likeness (QED) is 0.815. The van der Waals surface area contributed by atoms with Crippen molar-refractivity contribution in [2.24, 2.45) is 0 Å². The molecule has 0 bridgehead atoms. The van der Waals surface area contributed by atoms with E-state index in [9.17, 15) is 5.11 Å². The van der Waals surface area contributed by atoms with Crippen LogP contribution >= 0.6 is 11.3 Å². The third-order valence-corrected chi connectivity index (χ3v) is 3.38. The van der Waals surface area contributed by atoms with Gasteiger partial charge in [-0.3, -0.25) is 0 Å². The van der Waals surface area contributed by atoms with Gasteiger partial charge in [0, 0.05) is 22.5 Å². The van der Waals surface area contributed by atoms with Gasteiger partial charge in [0.25, 0.3) is 0 Å². The minimum Gasteiger partial charge on any atom is -0.508 e. The zero-order valence-electron chi connectivity index (χ0n) is 9.40. The third-order valence-electron chi connectivity index (χ3n) is 2.45. The third kappa shape index (κ3) is 2.77. The molecule has 4 heteroatoms. The van der Waals surface area contributed by atoms with Crippen LogP contribution in [-0.2, 0) is 6.54 Å². The maximum absolute atomic E-state index is 9.40. The van der Waals surface area contributed by atoms with Crippen molar-refractivity contribution in [3.8, 4) is 11.8 Å². The van der Waals surface area contributed by atoms with Crippen LogP contribution in [0.25, 0.3) is 0 Å². The van der Waals surface area contributed by atoms with Crippen molar-refractivity contribution in [2.75, 3.05) is 5.32 Å². The fourth-order valence-electron chi connectivity index (χ4n) is 1.49. The number of aryl methyl sites for hydroxylation is 1. The number of phenolic OH excluding ortho intramolecular Hbond substituents is 1. The summed E-state index contributed by atoms with van der Waals surface area (Å²) in [6, 6.07) is 9.40. The molecule has 1 aromatic carbocycles. The Balaban J connectivity index is 2.02. The first-order valence-corrected chi connectivity index (χ1v) is 6.08. The molecule has 0 aliphatic heterocycles. The first kappa shape index (κ1) is 11.5. The predicted octanol–water partition coefficient (Wildman–Crippen LogP) is 3.25. The number of anilines is 1. The number of nitrogens with zero attached hydrogens (tertiary/aromatic N) is 1. The largest absolute Gasteiger partial charge is 0.508 e. The Morgan fingerprint density at radius 1 is 1.41 bits per heavy atom. The summed E-state index contributed by atoms with van der Waals surface area (Å²) in [6.45, 7) is 2.55. The highest BCUT2D eigenvalue weighted by atomic mass is 32.1. The lowest BCUT2D eigenvalue weighted by molar-refractivity contribution is 0.471. The van der Waals surface area contributed by atoms with E-state index in [1.54, 1.807) is 17.4 Å². The Kier molecular flexibility index (Phi) is 3.31. The van der Waals surface area contributed by atoms with Gasteiger partial charge in [-0.25, -0.2) is 0 Å². The summed E-state index contributed by atoms with van der Waals surface area (Å²) in [5.41, 5.74) is 2.51. The van der Waals surface area contributed by atoms with Crippen molar-refractivity contribution < 1.29 is 5.11 Å². The van der Waals surface area contributed by atoms with Crippen LogP contribution in [0.1, 0.15) is 16.0 Å². The van der Waals surface area contributed by atoms with Crippen molar-refractivity contribution in [2.45, 2.75) is 13.5 Å². The molecule has 2 rings (SSSR count). The fraction of sp³-hybridized carbons (Fsp3) is 0.154. The van der Waals surface area contributed by atoms with Crippen molar-refractivity contribution >= 4 is 17.0 Å². The van der Waals surface area contributed by atoms with Crippen LogP contribution in [0.4, 0.5) is 5.69 Å². The van der Waals surface area contributed by atoms with Gasteiger partial charge in [0.15, 0.2) is 0 Å². The molecule has 1 heterocycles. The normalized spacial score (nSPS) is 9.88. The molecule has 0 atom stereocenters. The summed E-state index contributed by atoms with van der Waals surface area (Å²) in [6.07, 6.45) is 0. The highest BCUT2D eigenvalue weighted by molar-refractivity contribution is 7.10. The molecule has 0 unspecified atom stereocenters. The van der Waals surface area contributed by atoms with Crippen LogP contribution in [0.2, 0.25) is 0 Å². The fourth-order valence-corrected chi connectivity index (χ4v) is 2.24. The van der Waals surface area contributed by atoms with Gasteiger partial charge >= 0.3 is 0 Å². The van der Waals surface area contributed by atoms with Gasteiger partial charge in [-0.15, -0.1) is 11.3 Å². The van der Waals surface area contributed by atoms with E-state index in [4.69, 9.17) is 5.26 Å². The Morgan fingerprint density at radius 2 is 2.24 bits per heavy atom. The number of hydrogen-bond acceptors (Lipinski definition) is 4. The van der Waals surface area contributed by atoms with E-state index in [1.165, 1.54) is 0 Å².